The zero-order valence-corrected chi connectivity index (χ0v) is 14.5. The summed E-state index contributed by atoms with van der Waals surface area (Å²) in [5.74, 6) is 1.15. The third-order valence-electron chi connectivity index (χ3n) is 3.72. The molecule has 1 aromatic rings. The van der Waals surface area contributed by atoms with Gasteiger partial charge in [-0.05, 0) is 56.0 Å². The number of rotatable bonds is 9. The van der Waals surface area contributed by atoms with E-state index in [1.54, 1.807) is 0 Å². The molecule has 4 heteroatoms. The van der Waals surface area contributed by atoms with Crippen molar-refractivity contribution < 1.29 is 0 Å². The van der Waals surface area contributed by atoms with Crippen molar-refractivity contribution in [2.75, 3.05) is 30.5 Å². The topological polar surface area (TPSA) is 39.1 Å². The van der Waals surface area contributed by atoms with Gasteiger partial charge in [0.05, 0.1) is 11.3 Å². The fourth-order valence-corrected chi connectivity index (χ4v) is 2.80. The van der Waals surface area contributed by atoms with E-state index in [1.807, 2.05) is 17.8 Å². The summed E-state index contributed by atoms with van der Waals surface area (Å²) in [6.45, 7) is 6.21. The predicted octanol–water partition coefficient (Wildman–Crippen LogP) is 3.64. The van der Waals surface area contributed by atoms with Gasteiger partial charge in [-0.15, -0.1) is 0 Å². The Hall–Kier alpha value is -1.18. The van der Waals surface area contributed by atoms with Gasteiger partial charge in [-0.25, -0.2) is 0 Å². The summed E-state index contributed by atoms with van der Waals surface area (Å²) in [7, 11) is 2.08. The fourth-order valence-electron chi connectivity index (χ4n) is 2.22. The minimum absolute atomic E-state index is 0.439. The molecule has 0 saturated heterocycles. The lowest BCUT2D eigenvalue weighted by Crippen LogP contribution is -2.30. The maximum atomic E-state index is 9.42. The highest BCUT2D eigenvalue weighted by Gasteiger charge is 2.13. The predicted molar refractivity (Wildman–Crippen MR) is 94.0 cm³/mol. The highest BCUT2D eigenvalue weighted by Crippen LogP contribution is 2.23. The van der Waals surface area contributed by atoms with Crippen LogP contribution in [-0.2, 0) is 6.54 Å². The van der Waals surface area contributed by atoms with Gasteiger partial charge < -0.3 is 10.2 Å². The Morgan fingerprint density at radius 1 is 1.43 bits per heavy atom. The lowest BCUT2D eigenvalue weighted by atomic mass is 10.1. The molecule has 0 aliphatic carbocycles. The van der Waals surface area contributed by atoms with Gasteiger partial charge >= 0.3 is 0 Å². The molecular formula is C17H27N3S. The summed E-state index contributed by atoms with van der Waals surface area (Å²) in [6.07, 6.45) is 4.38. The van der Waals surface area contributed by atoms with E-state index >= 15 is 0 Å². The molecule has 1 aromatic carbocycles. The Labute approximate surface area is 133 Å². The minimum Gasteiger partial charge on any atom is -0.371 e. The van der Waals surface area contributed by atoms with E-state index < -0.39 is 0 Å². The van der Waals surface area contributed by atoms with Crippen LogP contribution in [0.3, 0.4) is 0 Å². The number of hydrogen-bond donors (Lipinski definition) is 1. The first-order chi connectivity index (χ1) is 10.1. The van der Waals surface area contributed by atoms with Crippen molar-refractivity contribution in [1.82, 2.24) is 5.32 Å². The van der Waals surface area contributed by atoms with Crippen molar-refractivity contribution in [3.63, 3.8) is 0 Å². The third-order valence-corrected chi connectivity index (χ3v) is 4.36. The molecule has 0 heterocycles. The van der Waals surface area contributed by atoms with E-state index in [2.05, 4.69) is 55.6 Å². The summed E-state index contributed by atoms with van der Waals surface area (Å²) >= 11 is 1.87. The summed E-state index contributed by atoms with van der Waals surface area (Å²) in [5, 5.41) is 12.8. The Bertz CT molecular complexity index is 468. The molecule has 3 nitrogen and oxygen atoms in total. The van der Waals surface area contributed by atoms with Gasteiger partial charge in [0.25, 0.3) is 0 Å². The van der Waals surface area contributed by atoms with Gasteiger partial charge in [-0.1, -0.05) is 13.0 Å². The smallest absolute Gasteiger partial charge is 0.101 e. The van der Waals surface area contributed by atoms with Gasteiger partial charge in [-0.2, -0.15) is 17.0 Å². The zero-order valence-electron chi connectivity index (χ0n) is 13.6. The lowest BCUT2D eigenvalue weighted by Gasteiger charge is -2.28. The quantitative estimate of drug-likeness (QED) is 0.707. The molecule has 21 heavy (non-hydrogen) atoms. The van der Waals surface area contributed by atoms with Gasteiger partial charge in [0.1, 0.15) is 6.07 Å². The fraction of sp³-hybridized carbons (Fsp3) is 0.588. The molecule has 0 spiro atoms. The molecule has 0 amide bonds. The first-order valence-electron chi connectivity index (χ1n) is 7.59. The van der Waals surface area contributed by atoms with Crippen molar-refractivity contribution in [1.29, 1.82) is 5.26 Å². The number of benzene rings is 1. The SMILES string of the molecule is CCCNCc1ccc(N(C)C(C)CCSC)c(C#N)c1. The largest absolute Gasteiger partial charge is 0.371 e. The van der Waals surface area contributed by atoms with Gasteiger partial charge in [0.15, 0.2) is 0 Å². The average molecular weight is 305 g/mol. The van der Waals surface area contributed by atoms with Gasteiger partial charge in [-0.3, -0.25) is 0 Å². The Kier molecular flexibility index (Phi) is 8.26. The first kappa shape index (κ1) is 17.9. The molecule has 1 unspecified atom stereocenters. The Morgan fingerprint density at radius 3 is 2.81 bits per heavy atom. The van der Waals surface area contributed by atoms with E-state index in [9.17, 15) is 5.26 Å². The molecule has 0 saturated carbocycles. The molecular weight excluding hydrogens is 278 g/mol. The normalized spacial score (nSPS) is 12.0. The van der Waals surface area contributed by atoms with Crippen molar-refractivity contribution in [2.45, 2.75) is 39.3 Å². The van der Waals surface area contributed by atoms with E-state index in [-0.39, 0.29) is 0 Å². The maximum Gasteiger partial charge on any atom is 0.101 e. The summed E-state index contributed by atoms with van der Waals surface area (Å²) in [4.78, 5) is 2.22. The van der Waals surface area contributed by atoms with Crippen LogP contribution in [0.5, 0.6) is 0 Å². The number of nitrogens with zero attached hydrogens (tertiary/aromatic N) is 2. The zero-order chi connectivity index (χ0) is 15.7. The van der Waals surface area contributed by atoms with Gasteiger partial charge in [0, 0.05) is 19.6 Å². The minimum atomic E-state index is 0.439. The molecule has 0 aliphatic heterocycles. The van der Waals surface area contributed by atoms with E-state index in [1.165, 1.54) is 5.56 Å². The van der Waals surface area contributed by atoms with E-state index in [4.69, 9.17) is 0 Å². The second kappa shape index (κ2) is 9.70. The van der Waals surface area contributed by atoms with Crippen LogP contribution in [-0.4, -0.2) is 31.6 Å². The summed E-state index contributed by atoms with van der Waals surface area (Å²) in [5.41, 5.74) is 2.98. The number of nitriles is 1. The number of nitrogens with one attached hydrogen (secondary N) is 1. The van der Waals surface area contributed by atoms with Crippen molar-refractivity contribution in [2.24, 2.45) is 0 Å². The van der Waals surface area contributed by atoms with Gasteiger partial charge in [0.2, 0.25) is 0 Å². The second-order valence-corrected chi connectivity index (χ2v) is 6.37. The van der Waals surface area contributed by atoms with Crippen LogP contribution in [0.15, 0.2) is 18.2 Å². The average Bonchev–Trinajstić information content (AvgIpc) is 2.51. The van der Waals surface area contributed by atoms with Crippen LogP contribution in [0.4, 0.5) is 5.69 Å². The molecule has 0 aliphatic rings. The Balaban J connectivity index is 2.80. The second-order valence-electron chi connectivity index (χ2n) is 5.38. The summed E-state index contributed by atoms with van der Waals surface area (Å²) in [6, 6.07) is 8.99. The Morgan fingerprint density at radius 2 is 2.19 bits per heavy atom. The van der Waals surface area contributed by atoms with Crippen LogP contribution >= 0.6 is 11.8 Å². The van der Waals surface area contributed by atoms with E-state index in [0.29, 0.717) is 6.04 Å². The van der Waals surface area contributed by atoms with Crippen LogP contribution < -0.4 is 10.2 Å². The molecule has 0 fully saturated rings. The maximum absolute atomic E-state index is 9.42. The van der Waals surface area contributed by atoms with Crippen LogP contribution in [0.25, 0.3) is 0 Å². The molecule has 116 valence electrons. The molecule has 0 bridgehead atoms. The molecule has 1 rings (SSSR count). The highest BCUT2D eigenvalue weighted by molar-refractivity contribution is 7.98. The number of hydrogen-bond acceptors (Lipinski definition) is 4. The molecule has 1 atom stereocenters. The highest BCUT2D eigenvalue weighted by atomic mass is 32.2. The standard InChI is InChI=1S/C17H27N3S/c1-5-9-19-13-15-6-7-17(16(11-15)12-18)20(3)14(2)8-10-21-4/h6-7,11,14,19H,5,8-10,13H2,1-4H3. The first-order valence-corrected chi connectivity index (χ1v) is 8.98. The molecule has 0 radical (unpaired) electrons. The van der Waals surface area contributed by atoms with Crippen molar-refractivity contribution in [3.05, 3.63) is 29.3 Å². The van der Waals surface area contributed by atoms with Crippen LogP contribution in [0.1, 0.15) is 37.8 Å². The molecule has 0 aromatic heterocycles. The number of anilines is 1. The third kappa shape index (κ3) is 5.61. The van der Waals surface area contributed by atoms with Crippen molar-refractivity contribution in [3.8, 4) is 6.07 Å². The molecule has 1 N–H and O–H groups in total. The number of thioether (sulfide) groups is 1. The van der Waals surface area contributed by atoms with Crippen LogP contribution in [0.2, 0.25) is 0 Å². The lowest BCUT2D eigenvalue weighted by molar-refractivity contribution is 0.666. The van der Waals surface area contributed by atoms with Crippen LogP contribution in [0, 0.1) is 11.3 Å². The summed E-state index contributed by atoms with van der Waals surface area (Å²) < 4.78 is 0. The van der Waals surface area contributed by atoms with E-state index in [0.717, 1.165) is 42.9 Å². The van der Waals surface area contributed by atoms with Crippen molar-refractivity contribution >= 4 is 17.4 Å². The monoisotopic (exact) mass is 305 g/mol.